The summed E-state index contributed by atoms with van der Waals surface area (Å²) in [6.07, 6.45) is 5.14. The summed E-state index contributed by atoms with van der Waals surface area (Å²) in [6.45, 7) is 7.03. The van der Waals surface area contributed by atoms with Crippen LogP contribution in [0.5, 0.6) is 0 Å². The Bertz CT molecular complexity index is 379. The fourth-order valence-electron chi connectivity index (χ4n) is 3.08. The normalized spacial score (nSPS) is 23.6. The average molecular weight is 217 g/mol. The lowest BCUT2D eigenvalue weighted by Crippen LogP contribution is -2.20. The monoisotopic (exact) mass is 217 g/mol. The first kappa shape index (κ1) is 11.5. The molecule has 88 valence electrons. The van der Waals surface area contributed by atoms with Gasteiger partial charge in [-0.1, -0.05) is 33.3 Å². The Kier molecular flexibility index (Phi) is 2.96. The summed E-state index contributed by atoms with van der Waals surface area (Å²) in [7, 11) is 0. The van der Waals surface area contributed by atoms with Crippen molar-refractivity contribution in [3.8, 4) is 0 Å². The molecule has 1 nitrogen and oxygen atoms in total. The summed E-state index contributed by atoms with van der Waals surface area (Å²) < 4.78 is 0. The summed E-state index contributed by atoms with van der Waals surface area (Å²) in [5.74, 6) is 0.864. The predicted octanol–water partition coefficient (Wildman–Crippen LogP) is 3.91. The Balaban J connectivity index is 2.42. The Morgan fingerprint density at radius 1 is 1.38 bits per heavy atom. The van der Waals surface area contributed by atoms with Crippen LogP contribution in [-0.4, -0.2) is 0 Å². The van der Waals surface area contributed by atoms with Gasteiger partial charge in [0.15, 0.2) is 0 Å². The molecule has 0 unspecified atom stereocenters. The van der Waals surface area contributed by atoms with Gasteiger partial charge in [-0.25, -0.2) is 0 Å². The molecule has 0 saturated heterocycles. The number of fused-ring (bicyclic) bond motifs is 1. The number of benzene rings is 1. The lowest BCUT2D eigenvalue weighted by molar-refractivity contribution is 0.349. The molecule has 0 heterocycles. The lowest BCUT2D eigenvalue weighted by Gasteiger charge is -2.28. The van der Waals surface area contributed by atoms with Crippen LogP contribution < -0.4 is 5.73 Å². The van der Waals surface area contributed by atoms with Crippen LogP contribution in [0.25, 0.3) is 0 Å². The van der Waals surface area contributed by atoms with Gasteiger partial charge in [0.25, 0.3) is 0 Å². The van der Waals surface area contributed by atoms with E-state index in [0.717, 1.165) is 11.6 Å². The fraction of sp³-hybridized carbons (Fsp3) is 0.600. The van der Waals surface area contributed by atoms with E-state index in [4.69, 9.17) is 5.73 Å². The van der Waals surface area contributed by atoms with E-state index in [2.05, 4.69) is 32.9 Å². The summed E-state index contributed by atoms with van der Waals surface area (Å²) in [5.41, 5.74) is 10.1. The molecule has 2 N–H and O–H groups in total. The van der Waals surface area contributed by atoms with Crippen LogP contribution in [-0.2, 0) is 11.8 Å². The van der Waals surface area contributed by atoms with Crippen molar-refractivity contribution in [1.29, 1.82) is 0 Å². The molecule has 0 spiro atoms. The molecule has 0 radical (unpaired) electrons. The molecule has 1 aromatic rings. The minimum Gasteiger partial charge on any atom is -0.399 e. The Morgan fingerprint density at radius 2 is 2.12 bits per heavy atom. The third-order valence-corrected chi connectivity index (χ3v) is 4.06. The van der Waals surface area contributed by atoms with Gasteiger partial charge in [-0.15, -0.1) is 0 Å². The molecule has 0 fully saturated rings. The highest BCUT2D eigenvalue weighted by molar-refractivity contribution is 5.48. The van der Waals surface area contributed by atoms with Crippen molar-refractivity contribution < 1.29 is 0 Å². The minimum absolute atomic E-state index is 0.280. The Morgan fingerprint density at radius 3 is 2.81 bits per heavy atom. The van der Waals surface area contributed by atoms with Gasteiger partial charge in [0.2, 0.25) is 0 Å². The van der Waals surface area contributed by atoms with E-state index in [1.165, 1.54) is 36.8 Å². The van der Waals surface area contributed by atoms with E-state index in [9.17, 15) is 0 Å². The maximum absolute atomic E-state index is 5.92. The second kappa shape index (κ2) is 4.12. The molecule has 0 aliphatic heterocycles. The van der Waals surface area contributed by atoms with Crippen molar-refractivity contribution in [2.24, 2.45) is 5.92 Å². The number of rotatable bonds is 1. The maximum atomic E-state index is 5.92. The molecule has 1 atom stereocenters. The van der Waals surface area contributed by atoms with E-state index in [1.807, 2.05) is 6.07 Å². The van der Waals surface area contributed by atoms with Crippen molar-refractivity contribution in [3.05, 3.63) is 29.3 Å². The van der Waals surface area contributed by atoms with E-state index < -0.39 is 0 Å². The van der Waals surface area contributed by atoms with Crippen LogP contribution >= 0.6 is 0 Å². The molecule has 2 rings (SSSR count). The Hall–Kier alpha value is -0.980. The molecule has 16 heavy (non-hydrogen) atoms. The van der Waals surface area contributed by atoms with Gasteiger partial charge < -0.3 is 5.73 Å². The standard InChI is InChI=1S/C15H23N/c1-4-11-5-6-12-7-8-13(16)9-14(12)15(2,3)10-11/h7-9,11H,4-6,10,16H2,1-3H3/t11-/m1/s1. The maximum Gasteiger partial charge on any atom is 0.0317 e. The van der Waals surface area contributed by atoms with Gasteiger partial charge in [0.1, 0.15) is 0 Å². The van der Waals surface area contributed by atoms with Gasteiger partial charge in [-0.3, -0.25) is 0 Å². The molecular formula is C15H23N. The highest BCUT2D eigenvalue weighted by Crippen LogP contribution is 2.39. The number of nitrogen functional groups attached to an aromatic ring is 1. The summed E-state index contributed by atoms with van der Waals surface area (Å²) in [4.78, 5) is 0. The SMILES string of the molecule is CC[C@@H]1CCc2ccc(N)cc2C(C)(C)C1. The third kappa shape index (κ3) is 2.09. The second-order valence-electron chi connectivity index (χ2n) is 5.82. The van der Waals surface area contributed by atoms with Crippen LogP contribution in [0.2, 0.25) is 0 Å². The van der Waals surface area contributed by atoms with Gasteiger partial charge >= 0.3 is 0 Å². The molecule has 1 aromatic carbocycles. The topological polar surface area (TPSA) is 26.0 Å². The van der Waals surface area contributed by atoms with E-state index in [0.29, 0.717) is 0 Å². The molecule has 0 bridgehead atoms. The first-order valence-corrected chi connectivity index (χ1v) is 6.42. The highest BCUT2D eigenvalue weighted by Gasteiger charge is 2.29. The Labute approximate surface area is 99.0 Å². The first-order chi connectivity index (χ1) is 7.53. The quantitative estimate of drug-likeness (QED) is 0.560. The predicted molar refractivity (Wildman–Crippen MR) is 70.6 cm³/mol. The number of nitrogens with two attached hydrogens (primary N) is 1. The zero-order valence-corrected chi connectivity index (χ0v) is 10.7. The van der Waals surface area contributed by atoms with Gasteiger partial charge in [0.05, 0.1) is 0 Å². The number of hydrogen-bond acceptors (Lipinski definition) is 1. The molecule has 1 aliphatic carbocycles. The van der Waals surface area contributed by atoms with Crippen molar-refractivity contribution in [2.75, 3.05) is 5.73 Å². The van der Waals surface area contributed by atoms with Crippen LogP contribution in [0.3, 0.4) is 0 Å². The summed E-state index contributed by atoms with van der Waals surface area (Å²) >= 11 is 0. The van der Waals surface area contributed by atoms with E-state index in [-0.39, 0.29) is 5.41 Å². The average Bonchev–Trinajstić information content (AvgIpc) is 2.36. The molecular weight excluding hydrogens is 194 g/mol. The van der Waals surface area contributed by atoms with Crippen LogP contribution in [0.15, 0.2) is 18.2 Å². The minimum atomic E-state index is 0.280. The molecule has 0 amide bonds. The van der Waals surface area contributed by atoms with Crippen LogP contribution in [0, 0.1) is 5.92 Å². The van der Waals surface area contributed by atoms with Crippen molar-refractivity contribution in [2.45, 2.75) is 51.9 Å². The number of aryl methyl sites for hydroxylation is 1. The molecule has 0 aromatic heterocycles. The van der Waals surface area contributed by atoms with Gasteiger partial charge in [0, 0.05) is 5.69 Å². The van der Waals surface area contributed by atoms with Crippen molar-refractivity contribution in [1.82, 2.24) is 0 Å². The van der Waals surface area contributed by atoms with Crippen LogP contribution in [0.1, 0.15) is 51.2 Å². The number of hydrogen-bond donors (Lipinski definition) is 1. The van der Waals surface area contributed by atoms with Crippen LogP contribution in [0.4, 0.5) is 5.69 Å². The fourth-order valence-corrected chi connectivity index (χ4v) is 3.08. The van der Waals surface area contributed by atoms with E-state index in [1.54, 1.807) is 0 Å². The van der Waals surface area contributed by atoms with Gasteiger partial charge in [-0.05, 0) is 53.9 Å². The summed E-state index contributed by atoms with van der Waals surface area (Å²) in [5, 5.41) is 0. The molecule has 1 aliphatic rings. The summed E-state index contributed by atoms with van der Waals surface area (Å²) in [6, 6.07) is 6.46. The zero-order chi connectivity index (χ0) is 11.8. The molecule has 0 saturated carbocycles. The van der Waals surface area contributed by atoms with Gasteiger partial charge in [-0.2, -0.15) is 0 Å². The van der Waals surface area contributed by atoms with Crippen molar-refractivity contribution >= 4 is 5.69 Å². The first-order valence-electron chi connectivity index (χ1n) is 6.42. The largest absolute Gasteiger partial charge is 0.399 e. The highest BCUT2D eigenvalue weighted by atomic mass is 14.5. The third-order valence-electron chi connectivity index (χ3n) is 4.06. The van der Waals surface area contributed by atoms with Crippen molar-refractivity contribution in [3.63, 3.8) is 0 Å². The second-order valence-corrected chi connectivity index (χ2v) is 5.82. The van der Waals surface area contributed by atoms with E-state index >= 15 is 0 Å². The number of anilines is 1. The zero-order valence-electron chi connectivity index (χ0n) is 10.7. The molecule has 1 heteroatoms. The smallest absolute Gasteiger partial charge is 0.0317 e. The lowest BCUT2D eigenvalue weighted by atomic mass is 9.77.